The highest BCUT2D eigenvalue weighted by atomic mass is 16.3. The number of aliphatic hydroxyl groups excluding tert-OH is 1. The van der Waals surface area contributed by atoms with Crippen LogP contribution in [-0.4, -0.2) is 17.8 Å². The zero-order valence-corrected chi connectivity index (χ0v) is 13.8. The van der Waals surface area contributed by atoms with E-state index in [-0.39, 0.29) is 6.10 Å². The molecule has 0 heterocycles. The molecule has 0 amide bonds. The molecular formula is C19H31NO. The van der Waals surface area contributed by atoms with Gasteiger partial charge in [0.1, 0.15) is 0 Å². The van der Waals surface area contributed by atoms with Crippen molar-refractivity contribution in [3.05, 3.63) is 35.9 Å². The Morgan fingerprint density at radius 3 is 2.52 bits per heavy atom. The van der Waals surface area contributed by atoms with Crippen molar-refractivity contribution in [1.82, 2.24) is 5.32 Å². The van der Waals surface area contributed by atoms with Crippen molar-refractivity contribution in [1.29, 1.82) is 0 Å². The average molecular weight is 289 g/mol. The second kappa shape index (κ2) is 7.42. The predicted octanol–water partition coefficient (Wildman–Crippen LogP) is 4.30. The molecule has 1 aliphatic rings. The van der Waals surface area contributed by atoms with Gasteiger partial charge in [-0.25, -0.2) is 0 Å². The molecule has 1 aromatic carbocycles. The lowest BCUT2D eigenvalue weighted by Gasteiger charge is -2.31. The molecule has 2 nitrogen and oxygen atoms in total. The van der Waals surface area contributed by atoms with Crippen LogP contribution in [0.4, 0.5) is 0 Å². The Morgan fingerprint density at radius 2 is 1.90 bits per heavy atom. The zero-order valence-electron chi connectivity index (χ0n) is 13.8. The van der Waals surface area contributed by atoms with Gasteiger partial charge in [-0.2, -0.15) is 0 Å². The second-order valence-corrected chi connectivity index (χ2v) is 7.82. The molecule has 118 valence electrons. The van der Waals surface area contributed by atoms with Crippen LogP contribution in [0.5, 0.6) is 0 Å². The quantitative estimate of drug-likeness (QED) is 0.847. The number of rotatable bonds is 5. The topological polar surface area (TPSA) is 32.3 Å². The van der Waals surface area contributed by atoms with Gasteiger partial charge in [0.2, 0.25) is 0 Å². The monoisotopic (exact) mass is 289 g/mol. The van der Waals surface area contributed by atoms with Gasteiger partial charge in [-0.05, 0) is 49.1 Å². The van der Waals surface area contributed by atoms with E-state index in [0.29, 0.717) is 17.4 Å². The van der Waals surface area contributed by atoms with Gasteiger partial charge in [0.15, 0.2) is 0 Å². The second-order valence-electron chi connectivity index (χ2n) is 7.82. The van der Waals surface area contributed by atoms with Gasteiger partial charge < -0.3 is 10.4 Å². The molecule has 1 saturated carbocycles. The SMILES string of the molecule is CC(C)(C)CC(NCC1CCCC(O)C1)c1ccccc1. The Labute approximate surface area is 130 Å². The van der Waals surface area contributed by atoms with E-state index in [1.807, 2.05) is 0 Å². The van der Waals surface area contributed by atoms with Crippen molar-refractivity contribution in [3.63, 3.8) is 0 Å². The van der Waals surface area contributed by atoms with Gasteiger partial charge in [-0.1, -0.05) is 57.5 Å². The van der Waals surface area contributed by atoms with E-state index in [9.17, 15) is 5.11 Å². The van der Waals surface area contributed by atoms with Crippen LogP contribution in [0.15, 0.2) is 30.3 Å². The minimum atomic E-state index is -0.0802. The maximum absolute atomic E-state index is 9.82. The number of hydrogen-bond donors (Lipinski definition) is 2. The van der Waals surface area contributed by atoms with Crippen LogP contribution in [0.25, 0.3) is 0 Å². The van der Waals surface area contributed by atoms with E-state index < -0.39 is 0 Å². The van der Waals surface area contributed by atoms with Gasteiger partial charge in [0.25, 0.3) is 0 Å². The van der Waals surface area contributed by atoms with Crippen LogP contribution in [-0.2, 0) is 0 Å². The number of aliphatic hydroxyl groups is 1. The molecule has 0 radical (unpaired) electrons. The van der Waals surface area contributed by atoms with E-state index in [0.717, 1.165) is 25.8 Å². The zero-order chi connectivity index (χ0) is 15.3. The molecule has 0 aromatic heterocycles. The summed E-state index contributed by atoms with van der Waals surface area (Å²) in [4.78, 5) is 0. The number of nitrogens with one attached hydrogen (secondary N) is 1. The molecular weight excluding hydrogens is 258 g/mol. The lowest BCUT2D eigenvalue weighted by molar-refractivity contribution is 0.0988. The van der Waals surface area contributed by atoms with Crippen LogP contribution in [0.2, 0.25) is 0 Å². The maximum atomic E-state index is 9.82. The van der Waals surface area contributed by atoms with Crippen molar-refractivity contribution >= 4 is 0 Å². The van der Waals surface area contributed by atoms with Crippen molar-refractivity contribution in [3.8, 4) is 0 Å². The van der Waals surface area contributed by atoms with Crippen LogP contribution < -0.4 is 5.32 Å². The molecule has 2 heteroatoms. The fraction of sp³-hybridized carbons (Fsp3) is 0.684. The normalized spacial score (nSPS) is 24.8. The molecule has 1 aromatic rings. The van der Waals surface area contributed by atoms with E-state index in [1.54, 1.807) is 0 Å². The third kappa shape index (κ3) is 5.80. The predicted molar refractivity (Wildman–Crippen MR) is 89.2 cm³/mol. The first-order valence-electron chi connectivity index (χ1n) is 8.40. The van der Waals surface area contributed by atoms with E-state index in [1.165, 1.54) is 18.4 Å². The highest BCUT2D eigenvalue weighted by molar-refractivity contribution is 5.19. The summed E-state index contributed by atoms with van der Waals surface area (Å²) >= 11 is 0. The van der Waals surface area contributed by atoms with Gasteiger partial charge >= 0.3 is 0 Å². The summed E-state index contributed by atoms with van der Waals surface area (Å²) in [6.45, 7) is 7.92. The van der Waals surface area contributed by atoms with Gasteiger partial charge in [-0.15, -0.1) is 0 Å². The lowest BCUT2D eigenvalue weighted by Crippen LogP contribution is -2.33. The highest BCUT2D eigenvalue weighted by Crippen LogP contribution is 2.30. The summed E-state index contributed by atoms with van der Waals surface area (Å²) < 4.78 is 0. The molecule has 1 aliphatic carbocycles. The largest absolute Gasteiger partial charge is 0.393 e. The Kier molecular flexibility index (Phi) is 5.83. The molecule has 0 spiro atoms. The van der Waals surface area contributed by atoms with Gasteiger partial charge in [-0.3, -0.25) is 0 Å². The fourth-order valence-corrected chi connectivity index (χ4v) is 3.36. The molecule has 0 bridgehead atoms. The summed E-state index contributed by atoms with van der Waals surface area (Å²) in [6.07, 6.45) is 5.42. The first kappa shape index (κ1) is 16.5. The molecule has 3 unspecified atom stereocenters. The third-order valence-electron chi connectivity index (χ3n) is 4.43. The first-order valence-corrected chi connectivity index (χ1v) is 8.40. The molecule has 3 atom stereocenters. The van der Waals surface area contributed by atoms with Crippen LogP contribution in [0, 0.1) is 11.3 Å². The number of benzene rings is 1. The summed E-state index contributed by atoms with van der Waals surface area (Å²) in [5.74, 6) is 0.625. The number of hydrogen-bond acceptors (Lipinski definition) is 2. The smallest absolute Gasteiger partial charge is 0.0543 e. The summed E-state index contributed by atoms with van der Waals surface area (Å²) in [5, 5.41) is 13.6. The van der Waals surface area contributed by atoms with Crippen molar-refractivity contribution in [2.24, 2.45) is 11.3 Å². The average Bonchev–Trinajstić information content (AvgIpc) is 2.43. The molecule has 2 rings (SSSR count). The third-order valence-corrected chi connectivity index (χ3v) is 4.43. The van der Waals surface area contributed by atoms with Gasteiger partial charge in [0.05, 0.1) is 6.10 Å². The molecule has 2 N–H and O–H groups in total. The minimum Gasteiger partial charge on any atom is -0.393 e. The summed E-state index contributed by atoms with van der Waals surface area (Å²) in [5.41, 5.74) is 1.68. The van der Waals surface area contributed by atoms with Crippen molar-refractivity contribution in [2.45, 2.75) is 65.0 Å². The van der Waals surface area contributed by atoms with Crippen LogP contribution in [0.1, 0.15) is 64.5 Å². The maximum Gasteiger partial charge on any atom is 0.0543 e. The van der Waals surface area contributed by atoms with E-state index >= 15 is 0 Å². The Hall–Kier alpha value is -0.860. The summed E-state index contributed by atoms with van der Waals surface area (Å²) in [7, 11) is 0. The minimum absolute atomic E-state index is 0.0802. The highest BCUT2D eigenvalue weighted by Gasteiger charge is 2.23. The Morgan fingerprint density at radius 1 is 1.19 bits per heavy atom. The summed E-state index contributed by atoms with van der Waals surface area (Å²) in [6, 6.07) is 11.2. The molecule has 21 heavy (non-hydrogen) atoms. The van der Waals surface area contributed by atoms with Crippen LogP contribution in [0.3, 0.4) is 0 Å². The fourth-order valence-electron chi connectivity index (χ4n) is 3.36. The first-order chi connectivity index (χ1) is 9.94. The van der Waals surface area contributed by atoms with Crippen LogP contribution >= 0.6 is 0 Å². The van der Waals surface area contributed by atoms with Crippen molar-refractivity contribution < 1.29 is 5.11 Å². The van der Waals surface area contributed by atoms with Gasteiger partial charge in [0, 0.05) is 6.04 Å². The Balaban J connectivity index is 1.96. The van der Waals surface area contributed by atoms with E-state index in [4.69, 9.17) is 0 Å². The molecule has 1 fully saturated rings. The molecule has 0 saturated heterocycles. The van der Waals surface area contributed by atoms with E-state index in [2.05, 4.69) is 56.4 Å². The lowest BCUT2D eigenvalue weighted by atomic mass is 9.84. The van der Waals surface area contributed by atoms with Crippen molar-refractivity contribution in [2.75, 3.05) is 6.54 Å². The standard InChI is InChI=1S/C19H31NO/c1-19(2,3)13-18(16-9-5-4-6-10-16)20-14-15-8-7-11-17(21)12-15/h4-6,9-10,15,17-18,20-21H,7-8,11-14H2,1-3H3. The Bertz CT molecular complexity index is 409. The molecule has 0 aliphatic heterocycles.